The standard InChI is InChI=1S/C24H27FN2O3/c1-2-15-30-21-9-7-20(8-10-21)27-23(28)16-22(24(27)29)26-13-11-18(12-14-26)17-3-5-19(25)6-4-17/h3-10,18,22H,2,11-16H2,1H3/p+1/t22-/m1/s1. The molecule has 4 rings (SSSR count). The number of amides is 2. The van der Waals surface area contributed by atoms with E-state index in [0.717, 1.165) is 43.7 Å². The van der Waals surface area contributed by atoms with E-state index in [9.17, 15) is 14.0 Å². The summed E-state index contributed by atoms with van der Waals surface area (Å²) >= 11 is 0. The van der Waals surface area contributed by atoms with Crippen molar-refractivity contribution in [2.24, 2.45) is 0 Å². The average Bonchev–Trinajstić information content (AvgIpc) is 3.07. The van der Waals surface area contributed by atoms with E-state index in [1.54, 1.807) is 24.3 Å². The van der Waals surface area contributed by atoms with Crippen molar-refractivity contribution in [2.75, 3.05) is 24.6 Å². The molecule has 0 aromatic heterocycles. The Bertz CT molecular complexity index is 890. The van der Waals surface area contributed by atoms with Crippen molar-refractivity contribution in [3.63, 3.8) is 0 Å². The lowest BCUT2D eigenvalue weighted by molar-refractivity contribution is -0.920. The highest BCUT2D eigenvalue weighted by atomic mass is 19.1. The van der Waals surface area contributed by atoms with Gasteiger partial charge in [0.2, 0.25) is 5.91 Å². The van der Waals surface area contributed by atoms with Gasteiger partial charge < -0.3 is 9.64 Å². The zero-order chi connectivity index (χ0) is 21.1. The summed E-state index contributed by atoms with van der Waals surface area (Å²) in [7, 11) is 0. The number of quaternary nitrogens is 1. The molecule has 6 heteroatoms. The number of hydrogen-bond donors (Lipinski definition) is 1. The highest BCUT2D eigenvalue weighted by molar-refractivity contribution is 6.21. The number of carbonyl (C=O) groups is 2. The van der Waals surface area contributed by atoms with Crippen LogP contribution in [0.5, 0.6) is 5.75 Å². The molecule has 2 heterocycles. The summed E-state index contributed by atoms with van der Waals surface area (Å²) < 4.78 is 18.8. The van der Waals surface area contributed by atoms with Crippen molar-refractivity contribution in [1.82, 2.24) is 0 Å². The largest absolute Gasteiger partial charge is 0.494 e. The third-order valence-corrected chi connectivity index (χ3v) is 6.18. The molecule has 1 atom stereocenters. The predicted octanol–water partition coefficient (Wildman–Crippen LogP) is 2.71. The summed E-state index contributed by atoms with van der Waals surface area (Å²) in [4.78, 5) is 28.2. The fourth-order valence-corrected chi connectivity index (χ4v) is 4.54. The molecule has 0 bridgehead atoms. The number of nitrogens with zero attached hydrogens (tertiary/aromatic N) is 1. The van der Waals surface area contributed by atoms with Crippen molar-refractivity contribution < 1.29 is 23.6 Å². The molecule has 2 aliphatic rings. The Hall–Kier alpha value is -2.73. The SMILES string of the molecule is CCCOc1ccc(N2C(=O)C[C@@H]([NH+]3CCC(c4ccc(F)cc4)CC3)C2=O)cc1. The van der Waals surface area contributed by atoms with Crippen LogP contribution >= 0.6 is 0 Å². The summed E-state index contributed by atoms with van der Waals surface area (Å²) in [6.45, 7) is 4.35. The second-order valence-corrected chi connectivity index (χ2v) is 8.15. The van der Waals surface area contributed by atoms with E-state index in [4.69, 9.17) is 4.74 Å². The molecule has 5 nitrogen and oxygen atoms in total. The van der Waals surface area contributed by atoms with Gasteiger partial charge in [0.05, 0.1) is 31.8 Å². The van der Waals surface area contributed by atoms with Crippen molar-refractivity contribution in [3.05, 3.63) is 59.9 Å². The fourth-order valence-electron chi connectivity index (χ4n) is 4.54. The lowest BCUT2D eigenvalue weighted by Crippen LogP contribution is -3.17. The normalized spacial score (nSPS) is 24.3. The maximum absolute atomic E-state index is 13.2. The summed E-state index contributed by atoms with van der Waals surface area (Å²) in [5.41, 5.74) is 1.76. The number of piperidine rings is 1. The van der Waals surface area contributed by atoms with Crippen molar-refractivity contribution in [2.45, 2.75) is 44.6 Å². The van der Waals surface area contributed by atoms with Crippen LogP contribution in [-0.2, 0) is 9.59 Å². The molecule has 2 fully saturated rings. The van der Waals surface area contributed by atoms with Gasteiger partial charge in [-0.2, -0.15) is 0 Å². The minimum Gasteiger partial charge on any atom is -0.494 e. The van der Waals surface area contributed by atoms with E-state index < -0.39 is 0 Å². The second kappa shape index (κ2) is 8.96. The Morgan fingerprint density at radius 3 is 2.33 bits per heavy atom. The number of rotatable bonds is 6. The molecular weight excluding hydrogens is 383 g/mol. The van der Waals surface area contributed by atoms with Crippen LogP contribution in [0.25, 0.3) is 0 Å². The quantitative estimate of drug-likeness (QED) is 0.744. The van der Waals surface area contributed by atoms with Crippen LogP contribution < -0.4 is 14.5 Å². The van der Waals surface area contributed by atoms with Gasteiger partial charge in [-0.15, -0.1) is 0 Å². The molecule has 2 aromatic rings. The topological polar surface area (TPSA) is 51.0 Å². The smallest absolute Gasteiger partial charge is 0.292 e. The van der Waals surface area contributed by atoms with Gasteiger partial charge in [-0.3, -0.25) is 9.59 Å². The molecule has 1 N–H and O–H groups in total. The Kier molecular flexibility index (Phi) is 6.13. The number of carbonyl (C=O) groups excluding carboxylic acids is 2. The predicted molar refractivity (Wildman–Crippen MR) is 112 cm³/mol. The molecule has 158 valence electrons. The van der Waals surface area contributed by atoms with Gasteiger partial charge in [-0.25, -0.2) is 9.29 Å². The van der Waals surface area contributed by atoms with Crippen LogP contribution in [0.4, 0.5) is 10.1 Å². The van der Waals surface area contributed by atoms with Gasteiger partial charge in [-0.05, 0) is 54.3 Å². The van der Waals surface area contributed by atoms with Crippen LogP contribution in [-0.4, -0.2) is 37.6 Å². The minimum absolute atomic E-state index is 0.113. The maximum atomic E-state index is 13.2. The van der Waals surface area contributed by atoms with E-state index in [1.807, 2.05) is 19.1 Å². The number of benzene rings is 2. The summed E-state index contributed by atoms with van der Waals surface area (Å²) in [6.07, 6.45) is 3.04. The second-order valence-electron chi connectivity index (χ2n) is 8.15. The van der Waals surface area contributed by atoms with E-state index in [0.29, 0.717) is 18.2 Å². The number of ether oxygens (including phenoxy) is 1. The summed E-state index contributed by atoms with van der Waals surface area (Å²) in [5.74, 6) is 0.651. The molecule has 0 radical (unpaired) electrons. The summed E-state index contributed by atoms with van der Waals surface area (Å²) in [5, 5.41) is 0. The highest BCUT2D eigenvalue weighted by Crippen LogP contribution is 2.27. The van der Waals surface area contributed by atoms with Gasteiger partial charge in [0, 0.05) is 12.8 Å². The fraction of sp³-hybridized carbons (Fsp3) is 0.417. The van der Waals surface area contributed by atoms with E-state index in [1.165, 1.54) is 21.9 Å². The zero-order valence-corrected chi connectivity index (χ0v) is 17.3. The van der Waals surface area contributed by atoms with Crippen molar-refractivity contribution >= 4 is 17.5 Å². The van der Waals surface area contributed by atoms with Gasteiger partial charge in [0.15, 0.2) is 6.04 Å². The van der Waals surface area contributed by atoms with Crippen molar-refractivity contribution in [3.8, 4) is 5.75 Å². The Morgan fingerprint density at radius 1 is 1.03 bits per heavy atom. The molecule has 0 unspecified atom stereocenters. The molecule has 0 saturated carbocycles. The number of halogens is 1. The first-order valence-corrected chi connectivity index (χ1v) is 10.8. The first-order valence-electron chi connectivity index (χ1n) is 10.8. The number of likely N-dealkylation sites (tertiary alicyclic amines) is 1. The number of hydrogen-bond acceptors (Lipinski definition) is 3. The number of anilines is 1. The molecule has 0 spiro atoms. The van der Waals surface area contributed by atoms with Crippen molar-refractivity contribution in [1.29, 1.82) is 0 Å². The molecule has 2 aromatic carbocycles. The van der Waals surface area contributed by atoms with E-state index in [-0.39, 0.29) is 30.1 Å². The average molecular weight is 411 g/mol. The Labute approximate surface area is 176 Å². The number of imide groups is 1. The third-order valence-electron chi connectivity index (χ3n) is 6.18. The molecule has 2 saturated heterocycles. The molecule has 30 heavy (non-hydrogen) atoms. The summed E-state index contributed by atoms with van der Waals surface area (Å²) in [6, 6.07) is 13.6. The first kappa shape index (κ1) is 20.5. The lowest BCUT2D eigenvalue weighted by atomic mass is 9.89. The Balaban J connectivity index is 1.39. The Morgan fingerprint density at radius 2 is 1.70 bits per heavy atom. The monoisotopic (exact) mass is 411 g/mol. The molecule has 2 amide bonds. The maximum Gasteiger partial charge on any atom is 0.292 e. The van der Waals surface area contributed by atoms with E-state index in [2.05, 4.69) is 0 Å². The van der Waals surface area contributed by atoms with Crippen LogP contribution in [0.2, 0.25) is 0 Å². The van der Waals surface area contributed by atoms with Crippen LogP contribution in [0, 0.1) is 5.82 Å². The molecule has 2 aliphatic heterocycles. The van der Waals surface area contributed by atoms with E-state index >= 15 is 0 Å². The first-order chi connectivity index (χ1) is 14.6. The van der Waals surface area contributed by atoms with Gasteiger partial charge >= 0.3 is 0 Å². The highest BCUT2D eigenvalue weighted by Gasteiger charge is 2.46. The van der Waals surface area contributed by atoms with Crippen LogP contribution in [0.3, 0.4) is 0 Å². The molecule has 0 aliphatic carbocycles. The van der Waals surface area contributed by atoms with Crippen LogP contribution in [0.15, 0.2) is 48.5 Å². The van der Waals surface area contributed by atoms with Crippen LogP contribution in [0.1, 0.15) is 44.1 Å². The van der Waals surface area contributed by atoms with Gasteiger partial charge in [-0.1, -0.05) is 19.1 Å². The lowest BCUT2D eigenvalue weighted by Gasteiger charge is -2.32. The molecular formula is C24H28FN2O3+. The minimum atomic E-state index is -0.317. The number of nitrogens with one attached hydrogen (secondary N) is 1. The van der Waals surface area contributed by atoms with Gasteiger partial charge in [0.25, 0.3) is 5.91 Å². The van der Waals surface area contributed by atoms with Gasteiger partial charge in [0.1, 0.15) is 11.6 Å². The third kappa shape index (κ3) is 4.24. The zero-order valence-electron chi connectivity index (χ0n) is 17.3.